The van der Waals surface area contributed by atoms with Crippen molar-refractivity contribution < 1.29 is 13.9 Å². The van der Waals surface area contributed by atoms with E-state index in [0.29, 0.717) is 5.75 Å². The minimum atomic E-state index is -0.706. The van der Waals surface area contributed by atoms with Crippen molar-refractivity contribution in [2.45, 2.75) is 0 Å². The van der Waals surface area contributed by atoms with Gasteiger partial charge in [-0.05, 0) is 30.3 Å². The summed E-state index contributed by atoms with van der Waals surface area (Å²) in [5.74, 6) is -0.726. The Morgan fingerprint density at radius 3 is 2.61 bits per heavy atom. The molecule has 92 valence electrons. The van der Waals surface area contributed by atoms with Gasteiger partial charge in [0, 0.05) is 6.20 Å². The Bertz CT molecular complexity index is 587. The van der Waals surface area contributed by atoms with Crippen LogP contribution >= 0.6 is 11.6 Å². The average molecular weight is 267 g/mol. The van der Waals surface area contributed by atoms with Gasteiger partial charge in [-0.1, -0.05) is 11.6 Å². The van der Waals surface area contributed by atoms with E-state index in [1.54, 1.807) is 0 Å². The summed E-state index contributed by atoms with van der Waals surface area (Å²) >= 11 is 5.71. The summed E-state index contributed by atoms with van der Waals surface area (Å²) in [5.41, 5.74) is 5.25. The number of benzene rings is 1. The van der Waals surface area contributed by atoms with Gasteiger partial charge in [-0.25, -0.2) is 9.37 Å². The Kier molecular flexibility index (Phi) is 3.43. The van der Waals surface area contributed by atoms with Gasteiger partial charge in [0.05, 0.1) is 5.02 Å². The van der Waals surface area contributed by atoms with Crippen LogP contribution in [-0.2, 0) is 0 Å². The molecular formula is C12H8ClFN2O2. The van der Waals surface area contributed by atoms with E-state index in [0.717, 1.165) is 0 Å². The number of carbonyl (C=O) groups is 1. The van der Waals surface area contributed by atoms with E-state index in [9.17, 15) is 9.18 Å². The fraction of sp³-hybridized carbons (Fsp3) is 0. The highest BCUT2D eigenvalue weighted by molar-refractivity contribution is 6.30. The predicted octanol–water partition coefficient (Wildman–Crippen LogP) is 2.77. The number of amides is 1. The van der Waals surface area contributed by atoms with E-state index in [1.807, 2.05) is 0 Å². The van der Waals surface area contributed by atoms with Gasteiger partial charge in [0.15, 0.2) is 0 Å². The van der Waals surface area contributed by atoms with Crippen LogP contribution in [0.3, 0.4) is 0 Å². The summed E-state index contributed by atoms with van der Waals surface area (Å²) in [7, 11) is 0. The summed E-state index contributed by atoms with van der Waals surface area (Å²) in [6, 6.07) is 6.65. The van der Waals surface area contributed by atoms with E-state index in [-0.39, 0.29) is 22.3 Å². The third-order valence-electron chi connectivity index (χ3n) is 2.11. The molecule has 2 N–H and O–H groups in total. The zero-order valence-electron chi connectivity index (χ0n) is 9.06. The lowest BCUT2D eigenvalue weighted by molar-refractivity contribution is 0.0997. The van der Waals surface area contributed by atoms with Crippen LogP contribution in [0, 0.1) is 5.82 Å². The van der Waals surface area contributed by atoms with Crippen LogP contribution < -0.4 is 10.5 Å². The van der Waals surface area contributed by atoms with Gasteiger partial charge in [0.25, 0.3) is 5.91 Å². The maximum Gasteiger partial charge on any atom is 0.254 e. The van der Waals surface area contributed by atoms with Crippen molar-refractivity contribution in [2.75, 3.05) is 0 Å². The highest BCUT2D eigenvalue weighted by Gasteiger charge is 2.12. The second-order valence-corrected chi connectivity index (χ2v) is 3.86. The van der Waals surface area contributed by atoms with Gasteiger partial charge in [-0.2, -0.15) is 0 Å². The van der Waals surface area contributed by atoms with Gasteiger partial charge < -0.3 is 10.5 Å². The Hall–Kier alpha value is -2.14. The molecule has 0 fully saturated rings. The molecule has 1 heterocycles. The molecule has 0 saturated carbocycles. The highest BCUT2D eigenvalue weighted by Crippen LogP contribution is 2.25. The molecule has 0 atom stereocenters. The molecule has 0 spiro atoms. The molecule has 0 aliphatic carbocycles. The van der Waals surface area contributed by atoms with Crippen LogP contribution in [0.5, 0.6) is 11.6 Å². The molecule has 2 rings (SSSR count). The lowest BCUT2D eigenvalue weighted by atomic mass is 10.2. The number of nitrogens with two attached hydrogens (primary N) is 1. The number of hydrogen-bond acceptors (Lipinski definition) is 3. The summed E-state index contributed by atoms with van der Waals surface area (Å²) in [4.78, 5) is 15.1. The van der Waals surface area contributed by atoms with Gasteiger partial charge in [0.1, 0.15) is 17.1 Å². The number of pyridine rings is 1. The molecule has 2 aromatic rings. The molecular weight excluding hydrogens is 259 g/mol. The first-order chi connectivity index (χ1) is 8.56. The van der Waals surface area contributed by atoms with Crippen LogP contribution in [0.15, 0.2) is 36.5 Å². The Balaban J connectivity index is 2.34. The van der Waals surface area contributed by atoms with Crippen LogP contribution in [0.25, 0.3) is 0 Å². The smallest absolute Gasteiger partial charge is 0.254 e. The zero-order chi connectivity index (χ0) is 13.1. The van der Waals surface area contributed by atoms with E-state index in [2.05, 4.69) is 4.98 Å². The van der Waals surface area contributed by atoms with Crippen molar-refractivity contribution in [3.8, 4) is 11.6 Å². The summed E-state index contributed by atoms with van der Waals surface area (Å²) in [6.45, 7) is 0. The molecule has 0 saturated heterocycles. The summed E-state index contributed by atoms with van der Waals surface area (Å²) in [6.07, 6.45) is 1.33. The third kappa shape index (κ3) is 2.75. The van der Waals surface area contributed by atoms with Crippen molar-refractivity contribution in [1.29, 1.82) is 0 Å². The fourth-order valence-electron chi connectivity index (χ4n) is 1.30. The van der Waals surface area contributed by atoms with E-state index in [1.165, 1.54) is 36.5 Å². The minimum Gasteiger partial charge on any atom is -0.438 e. The molecule has 1 amide bonds. The lowest BCUT2D eigenvalue weighted by Crippen LogP contribution is -2.13. The Morgan fingerprint density at radius 1 is 1.33 bits per heavy atom. The average Bonchev–Trinajstić information content (AvgIpc) is 2.34. The number of halogens is 2. The predicted molar refractivity (Wildman–Crippen MR) is 64.2 cm³/mol. The molecule has 6 heteroatoms. The molecule has 0 bridgehead atoms. The maximum atomic E-state index is 12.7. The number of rotatable bonds is 3. The largest absolute Gasteiger partial charge is 0.438 e. The number of ether oxygens (including phenoxy) is 1. The van der Waals surface area contributed by atoms with Gasteiger partial charge in [0.2, 0.25) is 5.88 Å². The van der Waals surface area contributed by atoms with Gasteiger partial charge in [-0.15, -0.1) is 0 Å². The quantitative estimate of drug-likeness (QED) is 0.929. The molecule has 0 radical (unpaired) electrons. The van der Waals surface area contributed by atoms with Crippen LogP contribution in [0.1, 0.15) is 10.4 Å². The lowest BCUT2D eigenvalue weighted by Gasteiger charge is -2.08. The van der Waals surface area contributed by atoms with Crippen molar-refractivity contribution in [3.05, 3.63) is 52.9 Å². The number of carbonyl (C=O) groups excluding carboxylic acids is 1. The zero-order valence-corrected chi connectivity index (χ0v) is 9.82. The fourth-order valence-corrected chi connectivity index (χ4v) is 1.46. The topological polar surface area (TPSA) is 65.2 Å². The molecule has 0 aliphatic rings. The number of hydrogen-bond donors (Lipinski definition) is 1. The first-order valence-electron chi connectivity index (χ1n) is 4.95. The molecule has 1 aromatic heterocycles. The second-order valence-electron chi connectivity index (χ2n) is 3.43. The molecule has 4 nitrogen and oxygen atoms in total. The van der Waals surface area contributed by atoms with Crippen LogP contribution in [0.2, 0.25) is 5.02 Å². The van der Waals surface area contributed by atoms with Crippen LogP contribution in [0.4, 0.5) is 4.39 Å². The molecule has 1 aromatic carbocycles. The van der Waals surface area contributed by atoms with Crippen molar-refractivity contribution >= 4 is 17.5 Å². The summed E-state index contributed by atoms with van der Waals surface area (Å²) < 4.78 is 18.1. The number of primary amides is 1. The monoisotopic (exact) mass is 266 g/mol. The molecule has 18 heavy (non-hydrogen) atoms. The SMILES string of the molecule is NC(=O)c1cc(Cl)cnc1Oc1ccc(F)cc1. The maximum absolute atomic E-state index is 12.7. The van der Waals surface area contributed by atoms with Crippen molar-refractivity contribution in [3.63, 3.8) is 0 Å². The molecule has 0 unspecified atom stereocenters. The number of nitrogens with zero attached hydrogens (tertiary/aromatic N) is 1. The van der Waals surface area contributed by atoms with E-state index in [4.69, 9.17) is 22.1 Å². The van der Waals surface area contributed by atoms with Crippen molar-refractivity contribution in [2.24, 2.45) is 5.73 Å². The third-order valence-corrected chi connectivity index (χ3v) is 2.32. The van der Waals surface area contributed by atoms with Gasteiger partial charge >= 0.3 is 0 Å². The Morgan fingerprint density at radius 2 is 2.00 bits per heavy atom. The first-order valence-corrected chi connectivity index (χ1v) is 5.33. The first kappa shape index (κ1) is 12.3. The normalized spacial score (nSPS) is 10.1. The number of aromatic nitrogens is 1. The molecule has 0 aliphatic heterocycles. The standard InChI is InChI=1S/C12H8ClFN2O2/c13-7-5-10(11(15)17)12(16-6-7)18-9-3-1-8(14)2-4-9/h1-6H,(H2,15,17). The highest BCUT2D eigenvalue weighted by atomic mass is 35.5. The van der Waals surface area contributed by atoms with Crippen molar-refractivity contribution in [1.82, 2.24) is 4.98 Å². The minimum absolute atomic E-state index is 0.0264. The van der Waals surface area contributed by atoms with Gasteiger partial charge in [-0.3, -0.25) is 4.79 Å². The second kappa shape index (κ2) is 5.01. The Labute approximate surface area is 107 Å². The van der Waals surface area contributed by atoms with Crippen LogP contribution in [-0.4, -0.2) is 10.9 Å². The van der Waals surface area contributed by atoms with E-state index >= 15 is 0 Å². The van der Waals surface area contributed by atoms with E-state index < -0.39 is 5.91 Å². The summed E-state index contributed by atoms with van der Waals surface area (Å²) in [5, 5.41) is 0.273.